The SMILES string of the molecule is O=C(CC1CCNC1)Nc1ccccc1[N+](=O)[O-]. The minimum Gasteiger partial charge on any atom is -0.320 e. The quantitative estimate of drug-likeness (QED) is 0.626. The minimum atomic E-state index is -0.493. The Morgan fingerprint density at radius 2 is 2.28 bits per heavy atom. The molecule has 0 aromatic heterocycles. The zero-order valence-electron chi connectivity index (χ0n) is 9.89. The molecule has 6 heteroatoms. The van der Waals surface area contributed by atoms with Crippen LogP contribution in [0.4, 0.5) is 11.4 Å². The van der Waals surface area contributed by atoms with Crippen molar-refractivity contribution in [1.82, 2.24) is 5.32 Å². The fourth-order valence-electron chi connectivity index (χ4n) is 2.09. The molecule has 1 fully saturated rings. The topological polar surface area (TPSA) is 84.3 Å². The van der Waals surface area contributed by atoms with Gasteiger partial charge < -0.3 is 10.6 Å². The van der Waals surface area contributed by atoms with Crippen molar-refractivity contribution in [2.45, 2.75) is 12.8 Å². The van der Waals surface area contributed by atoms with E-state index in [4.69, 9.17) is 0 Å². The van der Waals surface area contributed by atoms with Gasteiger partial charge in [0.25, 0.3) is 5.69 Å². The molecule has 1 aromatic carbocycles. The number of hydrogen-bond donors (Lipinski definition) is 2. The Balaban J connectivity index is 2.00. The third-order valence-corrected chi connectivity index (χ3v) is 3.01. The van der Waals surface area contributed by atoms with E-state index in [1.165, 1.54) is 6.07 Å². The number of anilines is 1. The molecule has 6 nitrogen and oxygen atoms in total. The number of carbonyl (C=O) groups excluding carboxylic acids is 1. The van der Waals surface area contributed by atoms with Gasteiger partial charge in [-0.25, -0.2) is 0 Å². The van der Waals surface area contributed by atoms with E-state index in [-0.39, 0.29) is 17.3 Å². The first-order valence-corrected chi connectivity index (χ1v) is 5.91. The van der Waals surface area contributed by atoms with Crippen molar-refractivity contribution in [2.75, 3.05) is 18.4 Å². The van der Waals surface area contributed by atoms with Gasteiger partial charge >= 0.3 is 0 Å². The van der Waals surface area contributed by atoms with E-state index in [0.717, 1.165) is 19.5 Å². The highest BCUT2D eigenvalue weighted by molar-refractivity contribution is 5.93. The van der Waals surface area contributed by atoms with Gasteiger partial charge in [0, 0.05) is 12.5 Å². The molecular weight excluding hydrogens is 234 g/mol. The Kier molecular flexibility index (Phi) is 3.88. The number of nitrogens with one attached hydrogen (secondary N) is 2. The van der Waals surface area contributed by atoms with Crippen LogP contribution in [-0.4, -0.2) is 23.9 Å². The number of carbonyl (C=O) groups is 1. The van der Waals surface area contributed by atoms with Gasteiger partial charge in [-0.2, -0.15) is 0 Å². The molecule has 0 bridgehead atoms. The molecule has 2 N–H and O–H groups in total. The van der Waals surface area contributed by atoms with E-state index in [1.807, 2.05) is 0 Å². The van der Waals surface area contributed by atoms with Crippen LogP contribution in [0.3, 0.4) is 0 Å². The van der Waals surface area contributed by atoms with Crippen molar-refractivity contribution < 1.29 is 9.72 Å². The zero-order chi connectivity index (χ0) is 13.0. The third kappa shape index (κ3) is 3.04. The smallest absolute Gasteiger partial charge is 0.292 e. The lowest BCUT2D eigenvalue weighted by atomic mass is 10.0. The Bertz CT molecular complexity index is 456. The summed E-state index contributed by atoms with van der Waals surface area (Å²) in [4.78, 5) is 22.1. The molecule has 1 atom stereocenters. The largest absolute Gasteiger partial charge is 0.320 e. The molecule has 0 radical (unpaired) electrons. The lowest BCUT2D eigenvalue weighted by molar-refractivity contribution is -0.383. The van der Waals surface area contributed by atoms with Crippen LogP contribution in [0.25, 0.3) is 0 Å². The Hall–Kier alpha value is -1.95. The van der Waals surface area contributed by atoms with Gasteiger partial charge in [0.2, 0.25) is 5.91 Å². The second-order valence-corrected chi connectivity index (χ2v) is 4.39. The number of nitro benzene ring substituents is 1. The van der Waals surface area contributed by atoms with Gasteiger partial charge in [-0.3, -0.25) is 14.9 Å². The maximum atomic E-state index is 11.8. The van der Waals surface area contributed by atoms with Crippen molar-refractivity contribution in [3.05, 3.63) is 34.4 Å². The Morgan fingerprint density at radius 1 is 1.50 bits per heavy atom. The van der Waals surface area contributed by atoms with Gasteiger partial charge in [0.1, 0.15) is 5.69 Å². The number of benzene rings is 1. The standard InChI is InChI=1S/C12H15N3O3/c16-12(7-9-5-6-13-8-9)14-10-3-1-2-4-11(10)15(17)18/h1-4,9,13H,5-8H2,(H,14,16). The van der Waals surface area contributed by atoms with Gasteiger partial charge in [-0.1, -0.05) is 12.1 Å². The summed E-state index contributed by atoms with van der Waals surface area (Å²) < 4.78 is 0. The van der Waals surface area contributed by atoms with E-state index in [1.54, 1.807) is 18.2 Å². The summed E-state index contributed by atoms with van der Waals surface area (Å²) in [6.45, 7) is 1.77. The fraction of sp³-hybridized carbons (Fsp3) is 0.417. The highest BCUT2D eigenvalue weighted by atomic mass is 16.6. The number of hydrogen-bond acceptors (Lipinski definition) is 4. The van der Waals surface area contributed by atoms with E-state index in [0.29, 0.717) is 12.3 Å². The van der Waals surface area contributed by atoms with Crippen LogP contribution in [0, 0.1) is 16.0 Å². The molecule has 0 saturated carbocycles. The average molecular weight is 249 g/mol. The van der Waals surface area contributed by atoms with Crippen LogP contribution in [0.1, 0.15) is 12.8 Å². The van der Waals surface area contributed by atoms with E-state index in [9.17, 15) is 14.9 Å². The van der Waals surface area contributed by atoms with Gasteiger partial charge in [-0.15, -0.1) is 0 Å². The van der Waals surface area contributed by atoms with E-state index >= 15 is 0 Å². The first-order valence-electron chi connectivity index (χ1n) is 5.91. The molecule has 1 saturated heterocycles. The molecule has 96 valence electrons. The molecule has 0 aliphatic carbocycles. The second kappa shape index (κ2) is 5.59. The molecule has 18 heavy (non-hydrogen) atoms. The first-order chi connectivity index (χ1) is 8.66. The monoisotopic (exact) mass is 249 g/mol. The second-order valence-electron chi connectivity index (χ2n) is 4.39. The van der Waals surface area contributed by atoms with Gasteiger partial charge in [0.05, 0.1) is 4.92 Å². The van der Waals surface area contributed by atoms with Gasteiger partial charge in [-0.05, 0) is 31.5 Å². The Labute approximate surface area is 105 Å². The van der Waals surface area contributed by atoms with Crippen molar-refractivity contribution in [3.8, 4) is 0 Å². The number of nitro groups is 1. The van der Waals surface area contributed by atoms with Crippen LogP contribution in [0.2, 0.25) is 0 Å². The number of para-hydroxylation sites is 2. The normalized spacial score (nSPS) is 18.6. The van der Waals surface area contributed by atoms with Crippen LogP contribution in [-0.2, 0) is 4.79 Å². The van der Waals surface area contributed by atoms with E-state index in [2.05, 4.69) is 10.6 Å². The van der Waals surface area contributed by atoms with Crippen molar-refractivity contribution >= 4 is 17.3 Å². The molecule has 1 aromatic rings. The summed E-state index contributed by atoms with van der Waals surface area (Å²) >= 11 is 0. The first kappa shape index (κ1) is 12.5. The van der Waals surface area contributed by atoms with Crippen molar-refractivity contribution in [3.63, 3.8) is 0 Å². The van der Waals surface area contributed by atoms with Crippen LogP contribution < -0.4 is 10.6 Å². The summed E-state index contributed by atoms with van der Waals surface area (Å²) in [7, 11) is 0. The predicted molar refractivity (Wildman–Crippen MR) is 67.3 cm³/mol. The molecule has 1 unspecified atom stereocenters. The molecule has 1 aliphatic heterocycles. The molecular formula is C12H15N3O3. The maximum absolute atomic E-state index is 11.8. The van der Waals surface area contributed by atoms with Crippen molar-refractivity contribution in [1.29, 1.82) is 0 Å². The third-order valence-electron chi connectivity index (χ3n) is 3.01. The summed E-state index contributed by atoms with van der Waals surface area (Å²) in [6, 6.07) is 6.17. The van der Waals surface area contributed by atoms with Crippen LogP contribution in [0.15, 0.2) is 24.3 Å². The predicted octanol–water partition coefficient (Wildman–Crippen LogP) is 1.53. The fourth-order valence-corrected chi connectivity index (χ4v) is 2.09. The maximum Gasteiger partial charge on any atom is 0.292 e. The minimum absolute atomic E-state index is 0.0737. The summed E-state index contributed by atoms with van der Waals surface area (Å²) in [6.07, 6.45) is 1.38. The number of nitrogens with zero attached hydrogens (tertiary/aromatic N) is 1. The summed E-state index contributed by atoms with van der Waals surface area (Å²) in [5.74, 6) is 0.158. The highest BCUT2D eigenvalue weighted by Gasteiger charge is 2.20. The average Bonchev–Trinajstić information content (AvgIpc) is 2.82. The molecule has 1 amide bonds. The van der Waals surface area contributed by atoms with Crippen molar-refractivity contribution in [2.24, 2.45) is 5.92 Å². The molecule has 0 spiro atoms. The van der Waals surface area contributed by atoms with Crippen LogP contribution >= 0.6 is 0 Å². The molecule has 1 aliphatic rings. The zero-order valence-corrected chi connectivity index (χ0v) is 9.89. The molecule has 1 heterocycles. The lowest BCUT2D eigenvalue weighted by Gasteiger charge is -2.09. The molecule has 2 rings (SSSR count). The van der Waals surface area contributed by atoms with Gasteiger partial charge in [0.15, 0.2) is 0 Å². The lowest BCUT2D eigenvalue weighted by Crippen LogP contribution is -2.18. The highest BCUT2D eigenvalue weighted by Crippen LogP contribution is 2.24. The number of amides is 1. The summed E-state index contributed by atoms with van der Waals surface area (Å²) in [5, 5.41) is 16.6. The Morgan fingerprint density at radius 3 is 2.94 bits per heavy atom. The van der Waals surface area contributed by atoms with E-state index < -0.39 is 4.92 Å². The summed E-state index contributed by atoms with van der Waals surface area (Å²) in [5.41, 5.74) is 0.189. The van der Waals surface area contributed by atoms with Crippen LogP contribution in [0.5, 0.6) is 0 Å². The number of rotatable bonds is 4.